The highest BCUT2D eigenvalue weighted by Gasteiger charge is 2.27. The lowest BCUT2D eigenvalue weighted by Crippen LogP contribution is -2.47. The van der Waals surface area contributed by atoms with Crippen LogP contribution in [0, 0.1) is 0 Å². The molecule has 0 amide bonds. The maximum Gasteiger partial charge on any atom is 0.0992 e. The summed E-state index contributed by atoms with van der Waals surface area (Å²) in [7, 11) is 0. The summed E-state index contributed by atoms with van der Waals surface area (Å²) in [4.78, 5) is 0. The molecule has 1 aromatic rings. The number of rotatable bonds is 6. The molecule has 1 aromatic carbocycles. The Labute approximate surface area is 105 Å². The van der Waals surface area contributed by atoms with Crippen molar-refractivity contribution in [2.75, 3.05) is 6.54 Å². The van der Waals surface area contributed by atoms with Crippen LogP contribution in [0.5, 0.6) is 0 Å². The minimum Gasteiger partial charge on any atom is -0.384 e. The quantitative estimate of drug-likeness (QED) is 0.794. The van der Waals surface area contributed by atoms with E-state index in [1.54, 1.807) is 0 Å². The number of benzene rings is 1. The monoisotopic (exact) mass is 235 g/mol. The van der Waals surface area contributed by atoms with Crippen molar-refractivity contribution >= 4 is 0 Å². The average molecular weight is 235 g/mol. The van der Waals surface area contributed by atoms with Crippen LogP contribution in [-0.4, -0.2) is 17.2 Å². The van der Waals surface area contributed by atoms with Gasteiger partial charge in [-0.15, -0.1) is 0 Å². The van der Waals surface area contributed by atoms with Crippen molar-refractivity contribution in [1.29, 1.82) is 0 Å². The predicted molar refractivity (Wildman–Crippen MR) is 73.0 cm³/mol. The lowest BCUT2D eigenvalue weighted by atomic mass is 9.91. The van der Waals surface area contributed by atoms with E-state index in [1.165, 1.54) is 0 Å². The summed E-state index contributed by atoms with van der Waals surface area (Å²) >= 11 is 0. The molecule has 0 saturated heterocycles. The number of β-amino-alcohol motifs (C(OH)–C–C–N with tert-alkyl or cyclic N) is 1. The molecule has 0 heterocycles. The lowest BCUT2D eigenvalue weighted by Gasteiger charge is -2.33. The zero-order chi connectivity index (χ0) is 12.9. The van der Waals surface area contributed by atoms with Crippen LogP contribution in [0.15, 0.2) is 30.3 Å². The van der Waals surface area contributed by atoms with Crippen LogP contribution in [0.3, 0.4) is 0 Å². The van der Waals surface area contributed by atoms with E-state index in [2.05, 4.69) is 26.1 Å². The molecule has 0 spiro atoms. The second-order valence-corrected chi connectivity index (χ2v) is 5.26. The third-order valence-corrected chi connectivity index (χ3v) is 3.82. The topological polar surface area (TPSA) is 32.3 Å². The normalized spacial score (nSPS) is 15.6. The molecule has 2 N–H and O–H groups in total. The maximum absolute atomic E-state index is 10.5. The van der Waals surface area contributed by atoms with Gasteiger partial charge in [-0.3, -0.25) is 0 Å². The summed E-state index contributed by atoms with van der Waals surface area (Å²) in [5.74, 6) is 0. The van der Waals surface area contributed by atoms with Gasteiger partial charge in [-0.2, -0.15) is 0 Å². The fourth-order valence-corrected chi connectivity index (χ4v) is 1.78. The molecule has 0 aliphatic heterocycles. The molecule has 2 nitrogen and oxygen atoms in total. The van der Waals surface area contributed by atoms with Gasteiger partial charge >= 0.3 is 0 Å². The SMILES string of the molecule is CCC(C)(CC)NCC(C)(O)c1ccccc1. The summed E-state index contributed by atoms with van der Waals surface area (Å²) < 4.78 is 0. The Bertz CT molecular complexity index is 328. The van der Waals surface area contributed by atoms with Gasteiger partial charge in [0.1, 0.15) is 0 Å². The molecule has 0 radical (unpaired) electrons. The van der Waals surface area contributed by atoms with E-state index in [0.717, 1.165) is 18.4 Å². The van der Waals surface area contributed by atoms with Gasteiger partial charge < -0.3 is 10.4 Å². The first-order chi connectivity index (χ1) is 7.93. The molecular formula is C15H25NO. The fraction of sp³-hybridized carbons (Fsp3) is 0.600. The van der Waals surface area contributed by atoms with Crippen molar-refractivity contribution < 1.29 is 5.11 Å². The Kier molecular flexibility index (Phi) is 4.72. The molecule has 0 aliphatic rings. The zero-order valence-corrected chi connectivity index (χ0v) is 11.5. The van der Waals surface area contributed by atoms with Gasteiger partial charge in [0.05, 0.1) is 5.60 Å². The van der Waals surface area contributed by atoms with Crippen LogP contribution in [0.2, 0.25) is 0 Å². The van der Waals surface area contributed by atoms with E-state index >= 15 is 0 Å². The van der Waals surface area contributed by atoms with Crippen LogP contribution in [0.4, 0.5) is 0 Å². The lowest BCUT2D eigenvalue weighted by molar-refractivity contribution is 0.0470. The van der Waals surface area contributed by atoms with E-state index in [1.807, 2.05) is 37.3 Å². The molecule has 1 atom stereocenters. The van der Waals surface area contributed by atoms with Crippen molar-refractivity contribution in [3.63, 3.8) is 0 Å². The van der Waals surface area contributed by atoms with Gasteiger partial charge in [-0.25, -0.2) is 0 Å². The molecule has 1 rings (SSSR count). The van der Waals surface area contributed by atoms with Crippen molar-refractivity contribution in [3.8, 4) is 0 Å². The van der Waals surface area contributed by atoms with Crippen LogP contribution < -0.4 is 5.32 Å². The minimum absolute atomic E-state index is 0.110. The van der Waals surface area contributed by atoms with Crippen LogP contribution in [-0.2, 0) is 5.60 Å². The molecule has 2 heteroatoms. The van der Waals surface area contributed by atoms with Crippen molar-refractivity contribution in [1.82, 2.24) is 5.32 Å². The molecule has 0 bridgehead atoms. The molecule has 96 valence electrons. The second-order valence-electron chi connectivity index (χ2n) is 5.26. The summed E-state index contributed by atoms with van der Waals surface area (Å²) in [5, 5.41) is 14.0. The fourth-order valence-electron chi connectivity index (χ4n) is 1.78. The molecule has 0 aromatic heterocycles. The van der Waals surface area contributed by atoms with E-state index < -0.39 is 5.60 Å². The number of aliphatic hydroxyl groups is 1. The molecule has 17 heavy (non-hydrogen) atoms. The van der Waals surface area contributed by atoms with Crippen LogP contribution >= 0.6 is 0 Å². The Balaban J connectivity index is 2.68. The van der Waals surface area contributed by atoms with E-state index in [4.69, 9.17) is 0 Å². The maximum atomic E-state index is 10.5. The molecule has 0 aliphatic carbocycles. The van der Waals surface area contributed by atoms with E-state index in [9.17, 15) is 5.11 Å². The van der Waals surface area contributed by atoms with Gasteiger partial charge in [0.15, 0.2) is 0 Å². The van der Waals surface area contributed by atoms with Gasteiger partial charge in [0.2, 0.25) is 0 Å². The Morgan fingerprint density at radius 1 is 1.06 bits per heavy atom. The Hall–Kier alpha value is -0.860. The van der Waals surface area contributed by atoms with Gasteiger partial charge in [-0.1, -0.05) is 44.2 Å². The number of nitrogens with one attached hydrogen (secondary N) is 1. The molecule has 0 fully saturated rings. The first-order valence-corrected chi connectivity index (χ1v) is 6.46. The van der Waals surface area contributed by atoms with Gasteiger partial charge in [0, 0.05) is 12.1 Å². The highest BCUT2D eigenvalue weighted by Crippen LogP contribution is 2.21. The summed E-state index contributed by atoms with van der Waals surface area (Å²) in [5.41, 5.74) is 0.257. The van der Waals surface area contributed by atoms with E-state index in [-0.39, 0.29) is 5.54 Å². The summed E-state index contributed by atoms with van der Waals surface area (Å²) in [6.07, 6.45) is 2.13. The smallest absolute Gasteiger partial charge is 0.0992 e. The van der Waals surface area contributed by atoms with Gasteiger partial charge in [-0.05, 0) is 32.3 Å². The van der Waals surface area contributed by atoms with Crippen LogP contribution in [0.1, 0.15) is 46.1 Å². The third kappa shape index (κ3) is 3.83. The summed E-state index contributed by atoms with van der Waals surface area (Å²) in [6, 6.07) is 9.83. The van der Waals surface area contributed by atoms with Gasteiger partial charge in [0.25, 0.3) is 0 Å². The summed E-state index contributed by atoms with van der Waals surface area (Å²) in [6.45, 7) is 8.99. The highest BCUT2D eigenvalue weighted by atomic mass is 16.3. The first-order valence-electron chi connectivity index (χ1n) is 6.46. The van der Waals surface area contributed by atoms with Crippen LogP contribution in [0.25, 0.3) is 0 Å². The number of hydrogen-bond acceptors (Lipinski definition) is 2. The Morgan fingerprint density at radius 2 is 1.59 bits per heavy atom. The highest BCUT2D eigenvalue weighted by molar-refractivity contribution is 5.21. The molecular weight excluding hydrogens is 210 g/mol. The largest absolute Gasteiger partial charge is 0.384 e. The number of hydrogen-bond donors (Lipinski definition) is 2. The second kappa shape index (κ2) is 5.65. The Morgan fingerprint density at radius 3 is 2.06 bits per heavy atom. The van der Waals surface area contributed by atoms with E-state index in [0.29, 0.717) is 6.54 Å². The predicted octanol–water partition coefficient (Wildman–Crippen LogP) is 3.06. The third-order valence-electron chi connectivity index (χ3n) is 3.82. The standard InChI is InChI=1S/C15H25NO/c1-5-14(3,6-2)16-12-15(4,17)13-10-8-7-9-11-13/h7-11,16-17H,5-6,12H2,1-4H3. The molecule has 1 unspecified atom stereocenters. The zero-order valence-electron chi connectivity index (χ0n) is 11.5. The molecule has 0 saturated carbocycles. The van der Waals surface area contributed by atoms with Crippen molar-refractivity contribution in [2.45, 2.75) is 51.7 Å². The minimum atomic E-state index is -0.813. The first kappa shape index (κ1) is 14.2. The van der Waals surface area contributed by atoms with Crippen molar-refractivity contribution in [2.24, 2.45) is 0 Å². The average Bonchev–Trinajstić information content (AvgIpc) is 2.37. The van der Waals surface area contributed by atoms with Crippen molar-refractivity contribution in [3.05, 3.63) is 35.9 Å².